The number of carbonyl (C=O) groups is 1. The van der Waals surface area contributed by atoms with E-state index in [0.717, 1.165) is 5.75 Å². The molecule has 1 aromatic rings. The minimum absolute atomic E-state index is 0.103. The van der Waals surface area contributed by atoms with Gasteiger partial charge >= 0.3 is 0 Å². The van der Waals surface area contributed by atoms with Gasteiger partial charge in [0, 0.05) is 11.7 Å². The van der Waals surface area contributed by atoms with E-state index in [2.05, 4.69) is 10.6 Å². The number of sulfone groups is 1. The lowest BCUT2D eigenvalue weighted by Crippen LogP contribution is -2.36. The molecule has 0 bridgehead atoms. The molecule has 0 unspecified atom stereocenters. The van der Waals surface area contributed by atoms with Crippen molar-refractivity contribution >= 4 is 21.4 Å². The average molecular weight is 298 g/mol. The van der Waals surface area contributed by atoms with Gasteiger partial charge in [-0.2, -0.15) is 0 Å². The number of hydrogen-bond donors (Lipinski definition) is 2. The third kappa shape index (κ3) is 4.21. The first-order chi connectivity index (χ1) is 9.48. The van der Waals surface area contributed by atoms with Crippen LogP contribution in [-0.4, -0.2) is 45.5 Å². The molecule has 1 atom stereocenters. The second-order valence-electron chi connectivity index (χ2n) is 4.76. The highest BCUT2D eigenvalue weighted by Crippen LogP contribution is 2.15. The van der Waals surface area contributed by atoms with Gasteiger partial charge in [-0.15, -0.1) is 0 Å². The summed E-state index contributed by atoms with van der Waals surface area (Å²) < 4.78 is 27.6. The summed E-state index contributed by atoms with van der Waals surface area (Å²) in [5.74, 6) is 0.838. The summed E-state index contributed by atoms with van der Waals surface area (Å²) in [6.45, 7) is 0.103. The van der Waals surface area contributed by atoms with Crippen molar-refractivity contribution in [2.24, 2.45) is 0 Å². The number of carbonyl (C=O) groups excluding carboxylic acids is 1. The molecular weight excluding hydrogens is 280 g/mol. The van der Waals surface area contributed by atoms with E-state index in [1.165, 1.54) is 0 Å². The van der Waals surface area contributed by atoms with Gasteiger partial charge in [0.15, 0.2) is 9.84 Å². The third-order valence-electron chi connectivity index (χ3n) is 3.16. The van der Waals surface area contributed by atoms with Crippen LogP contribution in [-0.2, 0) is 14.6 Å². The van der Waals surface area contributed by atoms with Crippen molar-refractivity contribution in [2.45, 2.75) is 12.5 Å². The molecule has 1 aromatic carbocycles. The van der Waals surface area contributed by atoms with Gasteiger partial charge in [0.2, 0.25) is 5.91 Å². The summed E-state index contributed by atoms with van der Waals surface area (Å²) in [7, 11) is -1.34. The van der Waals surface area contributed by atoms with Gasteiger partial charge in [0.25, 0.3) is 0 Å². The van der Waals surface area contributed by atoms with Gasteiger partial charge in [-0.25, -0.2) is 8.42 Å². The van der Waals surface area contributed by atoms with E-state index in [1.54, 1.807) is 31.4 Å². The monoisotopic (exact) mass is 298 g/mol. The zero-order chi connectivity index (χ0) is 14.6. The number of ether oxygens (including phenoxy) is 1. The van der Waals surface area contributed by atoms with E-state index >= 15 is 0 Å². The first kappa shape index (κ1) is 14.8. The van der Waals surface area contributed by atoms with E-state index in [4.69, 9.17) is 4.74 Å². The van der Waals surface area contributed by atoms with Crippen molar-refractivity contribution in [3.8, 4) is 5.75 Å². The Hall–Kier alpha value is -1.60. The molecule has 20 heavy (non-hydrogen) atoms. The van der Waals surface area contributed by atoms with Crippen molar-refractivity contribution in [3.63, 3.8) is 0 Å². The maximum atomic E-state index is 11.7. The van der Waals surface area contributed by atoms with Crippen LogP contribution in [0.4, 0.5) is 5.69 Å². The summed E-state index contributed by atoms with van der Waals surface area (Å²) in [5, 5.41) is 5.70. The molecule has 0 aromatic heterocycles. The van der Waals surface area contributed by atoms with E-state index in [9.17, 15) is 13.2 Å². The molecule has 1 amide bonds. The van der Waals surface area contributed by atoms with Gasteiger partial charge in [-0.1, -0.05) is 0 Å². The molecule has 0 radical (unpaired) electrons. The highest BCUT2D eigenvalue weighted by atomic mass is 32.2. The van der Waals surface area contributed by atoms with Gasteiger partial charge in [-0.3, -0.25) is 4.79 Å². The van der Waals surface area contributed by atoms with Crippen LogP contribution in [0.1, 0.15) is 6.42 Å². The van der Waals surface area contributed by atoms with Crippen LogP contribution < -0.4 is 15.4 Å². The largest absolute Gasteiger partial charge is 0.497 e. The Balaban J connectivity index is 1.78. The fourth-order valence-electron chi connectivity index (χ4n) is 2.07. The fourth-order valence-corrected chi connectivity index (χ4v) is 3.78. The van der Waals surface area contributed by atoms with Gasteiger partial charge < -0.3 is 15.4 Å². The first-order valence-electron chi connectivity index (χ1n) is 6.36. The lowest BCUT2D eigenvalue weighted by molar-refractivity contribution is -0.115. The van der Waals surface area contributed by atoms with Crippen molar-refractivity contribution in [1.29, 1.82) is 0 Å². The number of nitrogens with one attached hydrogen (secondary N) is 2. The van der Waals surface area contributed by atoms with Crippen LogP contribution in [0.25, 0.3) is 0 Å². The van der Waals surface area contributed by atoms with Crippen LogP contribution in [0.2, 0.25) is 0 Å². The summed E-state index contributed by atoms with van der Waals surface area (Å²) in [6.07, 6.45) is 0.568. The number of rotatable bonds is 5. The van der Waals surface area contributed by atoms with Crippen LogP contribution in [0.5, 0.6) is 5.75 Å². The van der Waals surface area contributed by atoms with Crippen LogP contribution in [0.3, 0.4) is 0 Å². The molecule has 6 nitrogen and oxygen atoms in total. The minimum Gasteiger partial charge on any atom is -0.497 e. The lowest BCUT2D eigenvalue weighted by Gasteiger charge is -2.11. The molecule has 0 saturated carbocycles. The second kappa shape index (κ2) is 6.23. The zero-order valence-electron chi connectivity index (χ0n) is 11.3. The smallest absolute Gasteiger partial charge is 0.238 e. The Labute approximate surface area is 118 Å². The predicted molar refractivity (Wildman–Crippen MR) is 76.7 cm³/mol. The maximum absolute atomic E-state index is 11.7. The van der Waals surface area contributed by atoms with E-state index in [1.807, 2.05) is 0 Å². The highest BCUT2D eigenvalue weighted by molar-refractivity contribution is 7.91. The van der Waals surface area contributed by atoms with E-state index in [-0.39, 0.29) is 30.0 Å². The van der Waals surface area contributed by atoms with E-state index in [0.29, 0.717) is 12.1 Å². The molecule has 0 aliphatic carbocycles. The second-order valence-corrected chi connectivity index (χ2v) is 6.99. The number of amides is 1. The molecule has 2 rings (SSSR count). The standard InChI is InChI=1S/C13H18N2O4S/c1-19-12-4-2-10(3-5-12)15-13(16)8-14-11-6-7-20(17,18)9-11/h2-5,11,14H,6-9H2,1H3,(H,15,16)/t11-/m1/s1. The molecule has 7 heteroatoms. The quantitative estimate of drug-likeness (QED) is 0.822. The predicted octanol–water partition coefficient (Wildman–Crippen LogP) is 0.410. The molecule has 1 saturated heterocycles. The fraction of sp³-hybridized carbons (Fsp3) is 0.462. The Morgan fingerprint density at radius 1 is 1.35 bits per heavy atom. The van der Waals surface area contributed by atoms with Crippen LogP contribution in [0, 0.1) is 0 Å². The molecule has 2 N–H and O–H groups in total. The van der Waals surface area contributed by atoms with E-state index < -0.39 is 9.84 Å². The van der Waals surface area contributed by atoms with Crippen molar-refractivity contribution in [3.05, 3.63) is 24.3 Å². The third-order valence-corrected chi connectivity index (χ3v) is 4.93. The van der Waals surface area contributed by atoms with Gasteiger partial charge in [0.05, 0.1) is 25.2 Å². The molecular formula is C13H18N2O4S. The number of benzene rings is 1. The highest BCUT2D eigenvalue weighted by Gasteiger charge is 2.27. The Bertz CT molecular complexity index is 569. The summed E-state index contributed by atoms with van der Waals surface area (Å²) in [4.78, 5) is 11.7. The van der Waals surface area contributed by atoms with Gasteiger partial charge in [0.1, 0.15) is 5.75 Å². The lowest BCUT2D eigenvalue weighted by atomic mass is 10.2. The SMILES string of the molecule is COc1ccc(NC(=O)CN[C@@H]2CCS(=O)(=O)C2)cc1. The molecule has 1 aliphatic heterocycles. The molecule has 110 valence electrons. The van der Waals surface area contributed by atoms with Crippen molar-refractivity contribution < 1.29 is 17.9 Å². The molecule has 1 aliphatic rings. The van der Waals surface area contributed by atoms with Crippen LogP contribution in [0.15, 0.2) is 24.3 Å². The number of hydrogen-bond acceptors (Lipinski definition) is 5. The normalized spacial score (nSPS) is 20.6. The van der Waals surface area contributed by atoms with Crippen molar-refractivity contribution in [2.75, 3.05) is 30.5 Å². The maximum Gasteiger partial charge on any atom is 0.238 e. The summed E-state index contributed by atoms with van der Waals surface area (Å²) in [6, 6.07) is 6.88. The Morgan fingerprint density at radius 3 is 2.60 bits per heavy atom. The minimum atomic E-state index is -2.92. The Kier molecular flexibility index (Phi) is 4.61. The number of anilines is 1. The van der Waals surface area contributed by atoms with Gasteiger partial charge in [-0.05, 0) is 30.7 Å². The first-order valence-corrected chi connectivity index (χ1v) is 8.18. The topological polar surface area (TPSA) is 84.5 Å². The molecule has 0 spiro atoms. The van der Waals surface area contributed by atoms with Crippen LogP contribution >= 0.6 is 0 Å². The molecule has 1 fully saturated rings. The number of methoxy groups -OCH3 is 1. The summed E-state index contributed by atoms with van der Waals surface area (Å²) in [5.41, 5.74) is 0.677. The molecule has 1 heterocycles. The Morgan fingerprint density at radius 2 is 2.05 bits per heavy atom. The van der Waals surface area contributed by atoms with Crippen molar-refractivity contribution in [1.82, 2.24) is 5.32 Å². The average Bonchev–Trinajstić information content (AvgIpc) is 2.77. The summed E-state index contributed by atoms with van der Waals surface area (Å²) >= 11 is 0. The zero-order valence-corrected chi connectivity index (χ0v) is 12.1.